The maximum Gasteiger partial charge on any atom is 0.329 e. The van der Waals surface area contributed by atoms with E-state index in [1.54, 1.807) is 36.1 Å². The second-order valence-electron chi connectivity index (χ2n) is 4.05. The van der Waals surface area contributed by atoms with Gasteiger partial charge >= 0.3 is 5.97 Å². The van der Waals surface area contributed by atoms with Crippen LogP contribution in [0.3, 0.4) is 0 Å². The molecule has 0 fully saturated rings. The Morgan fingerprint density at radius 1 is 1.59 bits per heavy atom. The smallest absolute Gasteiger partial charge is 0.329 e. The maximum absolute atomic E-state index is 11.2. The van der Waals surface area contributed by atoms with Crippen LogP contribution < -0.4 is 5.32 Å². The second kappa shape index (κ2) is 4.04. The Bertz CT molecular complexity index is 551. The van der Waals surface area contributed by atoms with Crippen molar-refractivity contribution in [3.63, 3.8) is 0 Å². The fourth-order valence-electron chi connectivity index (χ4n) is 1.51. The molecule has 2 rings (SSSR count). The van der Waals surface area contributed by atoms with E-state index in [1.165, 1.54) is 0 Å². The van der Waals surface area contributed by atoms with E-state index in [4.69, 9.17) is 0 Å². The van der Waals surface area contributed by atoms with Gasteiger partial charge < -0.3 is 10.4 Å². The summed E-state index contributed by atoms with van der Waals surface area (Å²) in [4.78, 5) is 15.4. The molecule has 90 valence electrons. The topological polar surface area (TPSA) is 79.5 Å². The number of carboxylic acids is 1. The first-order valence-corrected chi connectivity index (χ1v) is 5.37. The van der Waals surface area contributed by atoms with E-state index in [-0.39, 0.29) is 0 Å². The molecule has 0 aliphatic heterocycles. The van der Waals surface area contributed by atoms with Gasteiger partial charge in [0.2, 0.25) is 0 Å². The number of aromatic nitrogens is 3. The first-order chi connectivity index (χ1) is 8.07. The Balaban J connectivity index is 2.41. The highest BCUT2D eigenvalue weighted by molar-refractivity contribution is 5.83. The van der Waals surface area contributed by atoms with Gasteiger partial charge in [-0.2, -0.15) is 5.10 Å². The number of nitrogens with zero attached hydrogens (tertiary/aromatic N) is 3. The standard InChI is InChI=1S/C11H14N4O2/c1-3-11(2,10(16)17)14-9-8-4-5-13-15(8)7-6-12-9/h4-7H,3H2,1-2H3,(H,12,14)(H,16,17). The largest absolute Gasteiger partial charge is 0.480 e. The molecule has 0 bridgehead atoms. The number of rotatable bonds is 4. The minimum absolute atomic E-state index is 0.458. The van der Waals surface area contributed by atoms with Crippen LogP contribution in [0.5, 0.6) is 0 Å². The molecule has 1 atom stereocenters. The summed E-state index contributed by atoms with van der Waals surface area (Å²) in [5.41, 5.74) is -0.271. The minimum atomic E-state index is -1.03. The quantitative estimate of drug-likeness (QED) is 0.835. The molecule has 0 spiro atoms. The molecule has 0 aromatic carbocycles. The Hall–Kier alpha value is -2.11. The summed E-state index contributed by atoms with van der Waals surface area (Å²) in [5, 5.41) is 16.2. The number of aliphatic carboxylic acids is 1. The zero-order valence-corrected chi connectivity index (χ0v) is 9.71. The van der Waals surface area contributed by atoms with Crippen LogP contribution in [0.15, 0.2) is 24.7 Å². The summed E-state index contributed by atoms with van der Waals surface area (Å²) < 4.78 is 1.65. The van der Waals surface area contributed by atoms with Crippen LogP contribution in [0.1, 0.15) is 20.3 Å². The molecule has 6 nitrogen and oxygen atoms in total. The van der Waals surface area contributed by atoms with Gasteiger partial charge in [0.05, 0.1) is 6.20 Å². The monoisotopic (exact) mass is 234 g/mol. The minimum Gasteiger partial charge on any atom is -0.480 e. The molecule has 0 aliphatic rings. The zero-order chi connectivity index (χ0) is 12.5. The lowest BCUT2D eigenvalue weighted by molar-refractivity contribution is -0.141. The molecule has 0 saturated carbocycles. The number of hydrogen-bond donors (Lipinski definition) is 2. The lowest BCUT2D eigenvalue weighted by atomic mass is 9.99. The number of fused-ring (bicyclic) bond motifs is 1. The normalized spacial score (nSPS) is 14.5. The first-order valence-electron chi connectivity index (χ1n) is 5.37. The number of nitrogens with one attached hydrogen (secondary N) is 1. The van der Waals surface area contributed by atoms with E-state index in [2.05, 4.69) is 15.4 Å². The van der Waals surface area contributed by atoms with Crippen LogP contribution in [0, 0.1) is 0 Å². The van der Waals surface area contributed by atoms with Crippen molar-refractivity contribution in [1.82, 2.24) is 14.6 Å². The van der Waals surface area contributed by atoms with Crippen molar-refractivity contribution in [2.45, 2.75) is 25.8 Å². The van der Waals surface area contributed by atoms with E-state index < -0.39 is 11.5 Å². The fourth-order valence-corrected chi connectivity index (χ4v) is 1.51. The summed E-state index contributed by atoms with van der Waals surface area (Å²) in [7, 11) is 0. The first kappa shape index (κ1) is 11.4. The van der Waals surface area contributed by atoms with Crippen molar-refractivity contribution in [2.75, 3.05) is 5.32 Å². The molecule has 17 heavy (non-hydrogen) atoms. The van der Waals surface area contributed by atoms with Gasteiger partial charge in [-0.15, -0.1) is 0 Å². The summed E-state index contributed by atoms with van der Waals surface area (Å²) in [6, 6.07) is 1.78. The molecule has 0 radical (unpaired) electrons. The van der Waals surface area contributed by atoms with Crippen molar-refractivity contribution in [2.24, 2.45) is 0 Å². The fraction of sp³-hybridized carbons (Fsp3) is 0.364. The van der Waals surface area contributed by atoms with Gasteiger partial charge in [0.1, 0.15) is 11.1 Å². The van der Waals surface area contributed by atoms with Gasteiger partial charge in [0.25, 0.3) is 0 Å². The summed E-state index contributed by atoms with van der Waals surface area (Å²) >= 11 is 0. The average molecular weight is 234 g/mol. The molecular weight excluding hydrogens is 220 g/mol. The molecular formula is C11H14N4O2. The van der Waals surface area contributed by atoms with Crippen LogP contribution in [-0.2, 0) is 4.79 Å². The number of hydrogen-bond acceptors (Lipinski definition) is 4. The van der Waals surface area contributed by atoms with Gasteiger partial charge in [-0.3, -0.25) is 0 Å². The lowest BCUT2D eigenvalue weighted by Crippen LogP contribution is -2.43. The van der Waals surface area contributed by atoms with Crippen molar-refractivity contribution in [1.29, 1.82) is 0 Å². The highest BCUT2D eigenvalue weighted by atomic mass is 16.4. The second-order valence-corrected chi connectivity index (χ2v) is 4.05. The molecule has 6 heteroatoms. The van der Waals surface area contributed by atoms with Crippen molar-refractivity contribution >= 4 is 17.3 Å². The van der Waals surface area contributed by atoms with E-state index >= 15 is 0 Å². The van der Waals surface area contributed by atoms with Gasteiger partial charge in [0, 0.05) is 12.4 Å². The SMILES string of the molecule is CCC(C)(Nc1nccn2nccc12)C(=O)O. The molecule has 2 aromatic rings. The van der Waals surface area contributed by atoms with Crippen LogP contribution in [0.25, 0.3) is 5.52 Å². The average Bonchev–Trinajstić information content (AvgIpc) is 2.77. The van der Waals surface area contributed by atoms with Crippen LogP contribution in [-0.4, -0.2) is 31.2 Å². The molecule has 2 N–H and O–H groups in total. The molecule has 0 aliphatic carbocycles. The third-order valence-corrected chi connectivity index (χ3v) is 2.90. The molecule has 2 aromatic heterocycles. The van der Waals surface area contributed by atoms with Crippen molar-refractivity contribution in [3.05, 3.63) is 24.7 Å². The molecule has 0 saturated heterocycles. The number of carbonyl (C=O) groups is 1. The van der Waals surface area contributed by atoms with Gasteiger partial charge in [-0.25, -0.2) is 14.3 Å². The number of carboxylic acid groups (broad SMARTS) is 1. The van der Waals surface area contributed by atoms with Gasteiger partial charge in [-0.1, -0.05) is 6.92 Å². The predicted molar refractivity (Wildman–Crippen MR) is 62.9 cm³/mol. The Morgan fingerprint density at radius 3 is 3.00 bits per heavy atom. The van der Waals surface area contributed by atoms with Gasteiger partial charge in [-0.05, 0) is 19.4 Å². The van der Waals surface area contributed by atoms with E-state index in [0.717, 1.165) is 5.52 Å². The summed E-state index contributed by atoms with van der Waals surface area (Å²) in [5.74, 6) is -0.375. The Kier molecular flexibility index (Phi) is 2.71. The molecule has 1 unspecified atom stereocenters. The lowest BCUT2D eigenvalue weighted by Gasteiger charge is -2.25. The van der Waals surface area contributed by atoms with Crippen LogP contribution in [0.2, 0.25) is 0 Å². The summed E-state index contributed by atoms with van der Waals surface area (Å²) in [6.07, 6.45) is 5.40. The predicted octanol–water partition coefficient (Wildman–Crippen LogP) is 1.39. The highest BCUT2D eigenvalue weighted by Gasteiger charge is 2.31. The summed E-state index contributed by atoms with van der Waals surface area (Å²) in [6.45, 7) is 3.45. The maximum atomic E-state index is 11.2. The highest BCUT2D eigenvalue weighted by Crippen LogP contribution is 2.20. The number of anilines is 1. The van der Waals surface area contributed by atoms with Crippen LogP contribution >= 0.6 is 0 Å². The Morgan fingerprint density at radius 2 is 2.35 bits per heavy atom. The van der Waals surface area contributed by atoms with E-state index in [9.17, 15) is 9.90 Å². The van der Waals surface area contributed by atoms with Crippen molar-refractivity contribution in [3.8, 4) is 0 Å². The van der Waals surface area contributed by atoms with Gasteiger partial charge in [0.15, 0.2) is 5.82 Å². The third kappa shape index (κ3) is 1.93. The van der Waals surface area contributed by atoms with E-state index in [1.807, 2.05) is 6.92 Å². The van der Waals surface area contributed by atoms with Crippen molar-refractivity contribution < 1.29 is 9.90 Å². The third-order valence-electron chi connectivity index (χ3n) is 2.90. The molecule has 2 heterocycles. The van der Waals surface area contributed by atoms with E-state index in [0.29, 0.717) is 12.2 Å². The Labute approximate surface area is 98.3 Å². The molecule has 0 amide bonds. The zero-order valence-electron chi connectivity index (χ0n) is 9.71. The van der Waals surface area contributed by atoms with Crippen LogP contribution in [0.4, 0.5) is 5.82 Å².